The Kier molecular flexibility index (Phi) is 3.52. The molecule has 0 aliphatic heterocycles. The van der Waals surface area contributed by atoms with Gasteiger partial charge in [-0.2, -0.15) is 0 Å². The van der Waals surface area contributed by atoms with E-state index in [1.54, 1.807) is 18.6 Å². The van der Waals surface area contributed by atoms with Crippen LogP contribution in [0.1, 0.15) is 0 Å². The van der Waals surface area contributed by atoms with Gasteiger partial charge >= 0.3 is 0 Å². The van der Waals surface area contributed by atoms with Gasteiger partial charge in [0.1, 0.15) is 0 Å². The number of thioether (sulfide) groups is 1. The summed E-state index contributed by atoms with van der Waals surface area (Å²) in [6, 6.07) is 5.70. The van der Waals surface area contributed by atoms with Crippen LogP contribution in [0.25, 0.3) is 11.3 Å². The number of terminal acetylenes is 1. The molecule has 0 fully saturated rings. The highest BCUT2D eigenvalue weighted by molar-refractivity contribution is 7.99. The molecule has 78 valence electrons. The molecule has 0 aromatic carbocycles. The maximum absolute atomic E-state index is 5.19. The zero-order valence-corrected chi connectivity index (χ0v) is 9.31. The molecule has 0 bridgehead atoms. The molecule has 0 saturated carbocycles. The van der Waals surface area contributed by atoms with Crippen molar-refractivity contribution in [2.75, 3.05) is 5.75 Å². The van der Waals surface area contributed by atoms with Crippen LogP contribution >= 0.6 is 11.8 Å². The van der Waals surface area contributed by atoms with Gasteiger partial charge in [0, 0.05) is 24.2 Å². The Bertz CT molecular complexity index is 505. The normalized spacial score (nSPS) is 9.69. The van der Waals surface area contributed by atoms with Crippen LogP contribution in [0.3, 0.4) is 0 Å². The number of hydrogen-bond acceptors (Lipinski definition) is 4. The highest BCUT2D eigenvalue weighted by Crippen LogP contribution is 2.18. The first-order valence-electron chi connectivity index (χ1n) is 4.70. The summed E-state index contributed by atoms with van der Waals surface area (Å²) in [6.07, 6.45) is 10.4. The highest BCUT2D eigenvalue weighted by Gasteiger charge is 2.01. The molecule has 16 heavy (non-hydrogen) atoms. The fourth-order valence-electron chi connectivity index (χ4n) is 1.19. The Morgan fingerprint density at radius 1 is 1.31 bits per heavy atom. The summed E-state index contributed by atoms with van der Waals surface area (Å²) in [5.41, 5.74) is 1.84. The largest absolute Gasteiger partial charge is 0.264 e. The predicted molar refractivity (Wildman–Crippen MR) is 64.8 cm³/mol. The third-order valence-corrected chi connectivity index (χ3v) is 2.64. The van der Waals surface area contributed by atoms with E-state index >= 15 is 0 Å². The average Bonchev–Trinajstić information content (AvgIpc) is 2.38. The van der Waals surface area contributed by atoms with Crippen molar-refractivity contribution in [3.05, 3.63) is 36.8 Å². The molecule has 0 atom stereocenters. The smallest absolute Gasteiger partial charge is 0.189 e. The van der Waals surface area contributed by atoms with E-state index in [9.17, 15) is 0 Å². The summed E-state index contributed by atoms with van der Waals surface area (Å²) in [7, 11) is 0. The summed E-state index contributed by atoms with van der Waals surface area (Å²) in [4.78, 5) is 12.6. The van der Waals surface area contributed by atoms with Gasteiger partial charge in [-0.3, -0.25) is 4.98 Å². The molecule has 0 unspecified atom stereocenters. The molecule has 2 aromatic heterocycles. The lowest BCUT2D eigenvalue weighted by Crippen LogP contribution is -1.90. The fraction of sp³-hybridized carbons (Fsp3) is 0.0833. The second kappa shape index (κ2) is 5.29. The number of nitrogens with zero attached hydrogens (tertiary/aromatic N) is 3. The Morgan fingerprint density at radius 3 is 3.00 bits per heavy atom. The lowest BCUT2D eigenvalue weighted by atomic mass is 10.2. The van der Waals surface area contributed by atoms with E-state index in [1.807, 2.05) is 18.2 Å². The van der Waals surface area contributed by atoms with Gasteiger partial charge in [-0.1, -0.05) is 17.7 Å². The van der Waals surface area contributed by atoms with Gasteiger partial charge in [0.15, 0.2) is 5.16 Å². The zero-order valence-electron chi connectivity index (χ0n) is 8.50. The van der Waals surface area contributed by atoms with Crippen LogP contribution in [0, 0.1) is 12.3 Å². The standard InChI is InChI=1S/C12H9N3S/c1-2-8-16-12-14-7-5-11(15-12)10-4-3-6-13-9-10/h1,3-7,9H,8H2. The van der Waals surface area contributed by atoms with Crippen molar-refractivity contribution >= 4 is 11.8 Å². The Morgan fingerprint density at radius 2 is 2.25 bits per heavy atom. The van der Waals surface area contributed by atoms with Gasteiger partial charge in [0.25, 0.3) is 0 Å². The lowest BCUT2D eigenvalue weighted by Gasteiger charge is -2.01. The molecule has 0 amide bonds. The number of aromatic nitrogens is 3. The van der Waals surface area contributed by atoms with Crippen molar-refractivity contribution < 1.29 is 0 Å². The van der Waals surface area contributed by atoms with Gasteiger partial charge < -0.3 is 0 Å². The molecule has 2 rings (SSSR count). The SMILES string of the molecule is C#CCSc1nccc(-c2cccnc2)n1. The van der Waals surface area contributed by atoms with E-state index in [0.29, 0.717) is 10.9 Å². The predicted octanol–water partition coefficient (Wildman–Crippen LogP) is 2.26. The molecular weight excluding hydrogens is 218 g/mol. The van der Waals surface area contributed by atoms with Crippen LogP contribution in [-0.4, -0.2) is 20.7 Å². The van der Waals surface area contributed by atoms with Crippen LogP contribution in [0.4, 0.5) is 0 Å². The molecule has 0 aliphatic rings. The molecule has 2 heterocycles. The van der Waals surface area contributed by atoms with Crippen molar-refractivity contribution in [3.63, 3.8) is 0 Å². The zero-order chi connectivity index (χ0) is 11.2. The quantitative estimate of drug-likeness (QED) is 0.458. The average molecular weight is 227 g/mol. The maximum Gasteiger partial charge on any atom is 0.189 e. The number of hydrogen-bond donors (Lipinski definition) is 0. The third-order valence-electron chi connectivity index (χ3n) is 1.88. The second-order valence-corrected chi connectivity index (χ2v) is 3.90. The van der Waals surface area contributed by atoms with Gasteiger partial charge in [-0.25, -0.2) is 9.97 Å². The van der Waals surface area contributed by atoms with Crippen molar-refractivity contribution in [3.8, 4) is 23.6 Å². The molecule has 4 heteroatoms. The lowest BCUT2D eigenvalue weighted by molar-refractivity contribution is 0.974. The van der Waals surface area contributed by atoms with E-state index in [0.717, 1.165) is 11.3 Å². The Hall–Kier alpha value is -1.86. The second-order valence-electron chi connectivity index (χ2n) is 2.96. The fourth-order valence-corrected chi connectivity index (χ4v) is 1.70. The molecule has 0 N–H and O–H groups in total. The third kappa shape index (κ3) is 2.59. The summed E-state index contributed by atoms with van der Waals surface area (Å²) in [5.74, 6) is 3.13. The van der Waals surface area contributed by atoms with Crippen LogP contribution in [-0.2, 0) is 0 Å². The topological polar surface area (TPSA) is 38.7 Å². The molecule has 0 aliphatic carbocycles. The molecule has 0 spiro atoms. The van der Waals surface area contributed by atoms with E-state index in [2.05, 4.69) is 20.9 Å². The van der Waals surface area contributed by atoms with Crippen molar-refractivity contribution in [1.29, 1.82) is 0 Å². The summed E-state index contributed by atoms with van der Waals surface area (Å²) in [5, 5.41) is 0.694. The van der Waals surface area contributed by atoms with E-state index < -0.39 is 0 Å². The monoisotopic (exact) mass is 227 g/mol. The minimum Gasteiger partial charge on any atom is -0.264 e. The van der Waals surface area contributed by atoms with E-state index in [-0.39, 0.29) is 0 Å². The van der Waals surface area contributed by atoms with Crippen molar-refractivity contribution in [2.24, 2.45) is 0 Å². The molecule has 0 radical (unpaired) electrons. The molecular formula is C12H9N3S. The summed E-state index contributed by atoms with van der Waals surface area (Å²) in [6.45, 7) is 0. The minimum atomic E-state index is 0.580. The molecule has 0 saturated heterocycles. The first-order valence-corrected chi connectivity index (χ1v) is 5.68. The van der Waals surface area contributed by atoms with E-state index in [4.69, 9.17) is 6.42 Å². The maximum atomic E-state index is 5.19. The van der Waals surface area contributed by atoms with Crippen LogP contribution in [0.5, 0.6) is 0 Å². The van der Waals surface area contributed by atoms with E-state index in [1.165, 1.54) is 11.8 Å². The van der Waals surface area contributed by atoms with Crippen LogP contribution in [0.15, 0.2) is 41.9 Å². The van der Waals surface area contributed by atoms with Crippen molar-refractivity contribution in [1.82, 2.24) is 15.0 Å². The van der Waals surface area contributed by atoms with Crippen LogP contribution in [0.2, 0.25) is 0 Å². The highest BCUT2D eigenvalue weighted by atomic mass is 32.2. The van der Waals surface area contributed by atoms with Gasteiger partial charge in [-0.15, -0.1) is 6.42 Å². The number of pyridine rings is 1. The first-order chi connectivity index (χ1) is 7.90. The molecule has 2 aromatic rings. The minimum absolute atomic E-state index is 0.580. The van der Waals surface area contributed by atoms with Crippen LogP contribution < -0.4 is 0 Å². The first kappa shape index (κ1) is 10.7. The molecule has 3 nitrogen and oxygen atoms in total. The van der Waals surface area contributed by atoms with Gasteiger partial charge in [0.05, 0.1) is 11.4 Å². The summed E-state index contributed by atoms with van der Waals surface area (Å²) >= 11 is 1.45. The summed E-state index contributed by atoms with van der Waals surface area (Å²) < 4.78 is 0. The Labute approximate surface area is 98.4 Å². The van der Waals surface area contributed by atoms with Gasteiger partial charge in [-0.05, 0) is 18.2 Å². The number of rotatable bonds is 3. The van der Waals surface area contributed by atoms with Gasteiger partial charge in [0.2, 0.25) is 0 Å². The Balaban J connectivity index is 2.26. The van der Waals surface area contributed by atoms with Crippen molar-refractivity contribution in [2.45, 2.75) is 5.16 Å².